The van der Waals surface area contributed by atoms with E-state index in [1.165, 1.54) is 89.6 Å². The van der Waals surface area contributed by atoms with Gasteiger partial charge in [0.2, 0.25) is 0 Å². The summed E-state index contributed by atoms with van der Waals surface area (Å²) < 4.78 is 1.46. The lowest BCUT2D eigenvalue weighted by Gasteiger charge is -2.46. The van der Waals surface area contributed by atoms with Crippen molar-refractivity contribution in [3.05, 3.63) is 191 Å². The normalized spacial score (nSPS) is 15.6. The van der Waals surface area contributed by atoms with E-state index in [0.717, 1.165) is 23.5 Å². The molecule has 3 heterocycles. The fourth-order valence-electron chi connectivity index (χ4n) is 11.3. The van der Waals surface area contributed by atoms with Crippen molar-refractivity contribution in [1.82, 2.24) is 0 Å². The molecule has 0 atom stereocenters. The van der Waals surface area contributed by atoms with Crippen molar-refractivity contribution < 1.29 is 0 Å². The van der Waals surface area contributed by atoms with E-state index in [0.29, 0.717) is 0 Å². The SMILES string of the molecule is Cc1cc2c3c(c1)N(c1ccc(C(C)(C)C)cc1)c1c(sc4c1C(C)(C)CCC4(C)C)B3c1ccc(N(c3ccccc3)c3ccccc3)cc1N2c1ccc(C(C)(C)C)cc1-c1ccccc1. The number of benzene rings is 7. The topological polar surface area (TPSA) is 9.72 Å². The zero-order chi connectivity index (χ0) is 47.5. The van der Waals surface area contributed by atoms with E-state index in [1.807, 2.05) is 0 Å². The molecule has 7 aromatic carbocycles. The van der Waals surface area contributed by atoms with Gasteiger partial charge in [-0.1, -0.05) is 160 Å². The first-order valence-electron chi connectivity index (χ1n) is 24.7. The smallest absolute Gasteiger partial charge is 0.264 e. The highest BCUT2D eigenvalue weighted by Gasteiger charge is 2.51. The summed E-state index contributed by atoms with van der Waals surface area (Å²) in [6.07, 6.45) is 2.32. The molecule has 0 saturated heterocycles. The average Bonchev–Trinajstić information content (AvgIpc) is 3.74. The Morgan fingerprint density at radius 3 is 1.69 bits per heavy atom. The molecule has 2 aliphatic heterocycles. The van der Waals surface area contributed by atoms with Crippen LogP contribution in [0.3, 0.4) is 0 Å². The molecule has 3 aliphatic rings. The first kappa shape index (κ1) is 44.2. The molecule has 0 bridgehead atoms. The number of nitrogens with zero attached hydrogens (tertiary/aromatic N) is 3. The van der Waals surface area contributed by atoms with Gasteiger partial charge >= 0.3 is 0 Å². The number of fused-ring (bicyclic) bond motifs is 6. The van der Waals surface area contributed by atoms with Crippen LogP contribution in [0.1, 0.15) is 109 Å². The van der Waals surface area contributed by atoms with E-state index in [1.54, 1.807) is 4.88 Å². The second kappa shape index (κ2) is 15.9. The summed E-state index contributed by atoms with van der Waals surface area (Å²) in [7, 11) is 0. The molecule has 340 valence electrons. The fraction of sp³-hybridized carbons (Fsp3) is 0.270. The molecule has 0 fully saturated rings. The maximum Gasteiger partial charge on any atom is 0.264 e. The highest BCUT2D eigenvalue weighted by atomic mass is 32.1. The molecule has 0 unspecified atom stereocenters. The van der Waals surface area contributed by atoms with Gasteiger partial charge in [-0.05, 0) is 153 Å². The van der Waals surface area contributed by atoms with Crippen LogP contribution < -0.4 is 30.4 Å². The minimum atomic E-state index is -0.0340. The molecule has 1 aromatic heterocycles. The van der Waals surface area contributed by atoms with Crippen LogP contribution in [0.4, 0.5) is 51.2 Å². The first-order valence-corrected chi connectivity index (χ1v) is 25.5. The third-order valence-electron chi connectivity index (χ3n) is 15.1. The summed E-state index contributed by atoms with van der Waals surface area (Å²) in [4.78, 5) is 9.29. The standard InChI is InChI=1S/C63H64BN3S/c1-41-37-53-56-54(38-41)67(51-34-29-44(61(5,6)7)39-49(51)42-21-15-12-16-22-42)52-40-48(65(45-23-17-13-18-24-45)46-25-19-14-20-26-46)32-33-50(52)64(56)59-57(55-58(68-59)63(10,11)36-35-62(55,8)9)66(53)47-30-27-43(28-31-47)60(2,3)4/h12-34,37-40H,35-36H2,1-11H3. The van der Waals surface area contributed by atoms with Gasteiger partial charge < -0.3 is 14.7 Å². The van der Waals surface area contributed by atoms with Crippen LogP contribution in [-0.2, 0) is 21.7 Å². The van der Waals surface area contributed by atoms with Crippen molar-refractivity contribution in [2.24, 2.45) is 0 Å². The van der Waals surface area contributed by atoms with E-state index < -0.39 is 0 Å². The Balaban J connectivity index is 1.26. The van der Waals surface area contributed by atoms with Crippen molar-refractivity contribution in [2.45, 2.75) is 111 Å². The minimum absolute atomic E-state index is 0.00133. The average molecular weight is 906 g/mol. The van der Waals surface area contributed by atoms with Crippen LogP contribution in [0, 0.1) is 6.92 Å². The molecule has 0 N–H and O–H groups in total. The number of para-hydroxylation sites is 2. The fourth-order valence-corrected chi connectivity index (χ4v) is 13.1. The Bertz CT molecular complexity index is 3170. The molecule has 1 aliphatic carbocycles. The molecule has 5 heteroatoms. The molecule has 11 rings (SSSR count). The molecular weight excluding hydrogens is 842 g/mol. The van der Waals surface area contributed by atoms with E-state index in [2.05, 4.69) is 266 Å². The van der Waals surface area contributed by atoms with Crippen LogP contribution in [0.25, 0.3) is 11.1 Å². The number of hydrogen-bond donors (Lipinski definition) is 0. The van der Waals surface area contributed by atoms with Gasteiger partial charge in [-0.15, -0.1) is 0 Å². The first-order chi connectivity index (χ1) is 32.4. The van der Waals surface area contributed by atoms with Crippen molar-refractivity contribution in [2.75, 3.05) is 14.7 Å². The van der Waals surface area contributed by atoms with Crippen LogP contribution in [0.5, 0.6) is 0 Å². The third-order valence-corrected chi connectivity index (χ3v) is 16.8. The zero-order valence-electron chi connectivity index (χ0n) is 41.8. The summed E-state index contributed by atoms with van der Waals surface area (Å²) in [5.74, 6) is 0. The molecule has 0 saturated carbocycles. The monoisotopic (exact) mass is 905 g/mol. The Kier molecular flexibility index (Phi) is 10.3. The summed E-state index contributed by atoms with van der Waals surface area (Å²) in [5, 5.41) is 0. The molecular formula is C63H64BN3S. The quantitative estimate of drug-likeness (QED) is 0.154. The van der Waals surface area contributed by atoms with Gasteiger partial charge in [0.05, 0.1) is 11.4 Å². The molecule has 0 radical (unpaired) electrons. The summed E-state index contributed by atoms with van der Waals surface area (Å²) in [5.41, 5.74) is 21.6. The van der Waals surface area contributed by atoms with Crippen molar-refractivity contribution in [3.63, 3.8) is 0 Å². The lowest BCUT2D eigenvalue weighted by Crippen LogP contribution is -2.60. The van der Waals surface area contributed by atoms with Gasteiger partial charge in [0.1, 0.15) is 0 Å². The number of thiophene rings is 1. The van der Waals surface area contributed by atoms with Crippen molar-refractivity contribution in [3.8, 4) is 11.1 Å². The van der Waals surface area contributed by atoms with Gasteiger partial charge in [-0.3, -0.25) is 0 Å². The third kappa shape index (κ3) is 7.23. The van der Waals surface area contributed by atoms with E-state index in [-0.39, 0.29) is 28.4 Å². The Morgan fingerprint density at radius 2 is 1.09 bits per heavy atom. The Hall–Kier alpha value is -6.30. The second-order valence-corrected chi connectivity index (χ2v) is 24.1. The molecule has 8 aromatic rings. The summed E-state index contributed by atoms with van der Waals surface area (Å²) in [6, 6.07) is 61.8. The van der Waals surface area contributed by atoms with E-state index in [9.17, 15) is 0 Å². The predicted molar refractivity (Wildman–Crippen MR) is 296 cm³/mol. The largest absolute Gasteiger partial charge is 0.311 e. The number of aryl methyl sites for hydroxylation is 1. The second-order valence-electron chi connectivity index (χ2n) is 23.0. The maximum absolute atomic E-state index is 2.69. The minimum Gasteiger partial charge on any atom is -0.311 e. The van der Waals surface area contributed by atoms with E-state index in [4.69, 9.17) is 0 Å². The van der Waals surface area contributed by atoms with Gasteiger partial charge in [-0.25, -0.2) is 0 Å². The number of anilines is 9. The maximum atomic E-state index is 2.69. The molecule has 0 spiro atoms. The Morgan fingerprint density at radius 1 is 0.529 bits per heavy atom. The highest BCUT2D eigenvalue weighted by molar-refractivity contribution is 7.29. The van der Waals surface area contributed by atoms with Gasteiger partial charge in [0, 0.05) is 55.0 Å². The van der Waals surface area contributed by atoms with Gasteiger partial charge in [0.15, 0.2) is 0 Å². The molecule has 68 heavy (non-hydrogen) atoms. The predicted octanol–water partition coefficient (Wildman–Crippen LogP) is 16.2. The Labute approximate surface area is 410 Å². The highest BCUT2D eigenvalue weighted by Crippen LogP contribution is 2.57. The summed E-state index contributed by atoms with van der Waals surface area (Å²) >= 11 is 2.09. The van der Waals surface area contributed by atoms with Crippen LogP contribution in [0.2, 0.25) is 0 Å². The molecule has 3 nitrogen and oxygen atoms in total. The van der Waals surface area contributed by atoms with Crippen LogP contribution >= 0.6 is 11.3 Å². The zero-order valence-corrected chi connectivity index (χ0v) is 42.6. The number of hydrogen-bond acceptors (Lipinski definition) is 4. The van der Waals surface area contributed by atoms with Crippen LogP contribution in [0.15, 0.2) is 164 Å². The van der Waals surface area contributed by atoms with Gasteiger partial charge in [-0.2, -0.15) is 11.3 Å². The van der Waals surface area contributed by atoms with Crippen molar-refractivity contribution >= 4 is 84.9 Å². The van der Waals surface area contributed by atoms with Gasteiger partial charge in [0.25, 0.3) is 6.71 Å². The van der Waals surface area contributed by atoms with E-state index >= 15 is 0 Å². The summed E-state index contributed by atoms with van der Waals surface area (Å²) in [6.45, 7) is 26.2. The molecule has 0 amide bonds. The lowest BCUT2D eigenvalue weighted by atomic mass is 9.36. The lowest BCUT2D eigenvalue weighted by molar-refractivity contribution is 0.339. The van der Waals surface area contributed by atoms with Crippen LogP contribution in [-0.4, -0.2) is 6.71 Å². The van der Waals surface area contributed by atoms with Crippen molar-refractivity contribution in [1.29, 1.82) is 0 Å². The number of rotatable bonds is 6.